The average Bonchev–Trinajstić information content (AvgIpc) is 3.07. The van der Waals surface area contributed by atoms with E-state index in [2.05, 4.69) is 65.5 Å². The number of aliphatic carboxylic acids is 1. The molecule has 2 fully saturated rings. The minimum absolute atomic E-state index is 0.0324. The predicted molar refractivity (Wildman–Crippen MR) is 135 cm³/mol. The number of carboxylic acids is 1. The smallest absolute Gasteiger partial charge is 0.307 e. The van der Waals surface area contributed by atoms with E-state index in [0.29, 0.717) is 5.41 Å². The number of ether oxygens (including phenoxy) is 1. The summed E-state index contributed by atoms with van der Waals surface area (Å²) < 4.78 is 7.86. The quantitative estimate of drug-likeness (QED) is 0.604. The normalized spacial score (nSPS) is 18.9. The highest BCUT2D eigenvalue weighted by Crippen LogP contribution is 2.45. The van der Waals surface area contributed by atoms with Crippen LogP contribution in [0.25, 0.3) is 22.0 Å². The van der Waals surface area contributed by atoms with Gasteiger partial charge in [0, 0.05) is 55.8 Å². The lowest BCUT2D eigenvalue weighted by atomic mass is 9.78. The van der Waals surface area contributed by atoms with Crippen molar-refractivity contribution < 1.29 is 14.6 Å². The maximum absolute atomic E-state index is 12.0. The van der Waals surface area contributed by atoms with Gasteiger partial charge in [-0.25, -0.2) is 0 Å². The van der Waals surface area contributed by atoms with E-state index < -0.39 is 5.97 Å². The van der Waals surface area contributed by atoms with Gasteiger partial charge in [0.2, 0.25) is 0 Å². The third-order valence-corrected chi connectivity index (χ3v) is 8.11. The number of anilines is 1. The fourth-order valence-corrected chi connectivity index (χ4v) is 6.34. The van der Waals surface area contributed by atoms with Crippen molar-refractivity contribution in [3.8, 4) is 11.1 Å². The van der Waals surface area contributed by atoms with Gasteiger partial charge in [-0.3, -0.25) is 4.79 Å². The fraction of sp³-hybridized carbons (Fsp3) is 0.464. The van der Waals surface area contributed by atoms with Crippen LogP contribution in [0.1, 0.15) is 22.4 Å². The van der Waals surface area contributed by atoms with Crippen LogP contribution in [0.3, 0.4) is 0 Å². The molecule has 34 heavy (non-hydrogen) atoms. The minimum Gasteiger partial charge on any atom is -0.481 e. The lowest BCUT2D eigenvalue weighted by Gasteiger charge is -2.55. The van der Waals surface area contributed by atoms with Crippen LogP contribution in [0.2, 0.25) is 0 Å². The molecule has 0 aliphatic carbocycles. The Morgan fingerprint density at radius 1 is 1.06 bits per heavy atom. The molecule has 6 nitrogen and oxygen atoms in total. The van der Waals surface area contributed by atoms with Crippen LogP contribution in [0, 0.1) is 26.2 Å². The van der Waals surface area contributed by atoms with Crippen LogP contribution < -0.4 is 4.90 Å². The number of rotatable bonds is 6. The molecule has 0 unspecified atom stereocenters. The molecule has 3 aromatic rings. The molecule has 1 aromatic heterocycles. The fourth-order valence-electron chi connectivity index (χ4n) is 6.34. The number of hydrogen-bond acceptors (Lipinski definition) is 4. The van der Waals surface area contributed by atoms with E-state index in [1.54, 1.807) is 0 Å². The number of nitrogens with zero attached hydrogens (tertiary/aromatic N) is 3. The first-order valence-electron chi connectivity index (χ1n) is 12.3. The highest BCUT2D eigenvalue weighted by Gasteiger charge is 2.48. The molecule has 6 heteroatoms. The summed E-state index contributed by atoms with van der Waals surface area (Å²) in [5.74, 6) is -0.782. The van der Waals surface area contributed by atoms with Crippen LogP contribution >= 0.6 is 0 Å². The number of aromatic nitrogens is 1. The Morgan fingerprint density at radius 2 is 1.79 bits per heavy atom. The van der Waals surface area contributed by atoms with E-state index in [-0.39, 0.29) is 6.42 Å². The predicted octanol–water partition coefficient (Wildman–Crippen LogP) is 4.01. The van der Waals surface area contributed by atoms with Crippen molar-refractivity contribution in [3.05, 3.63) is 52.7 Å². The van der Waals surface area contributed by atoms with Gasteiger partial charge in [-0.15, -0.1) is 0 Å². The molecule has 0 saturated carbocycles. The summed E-state index contributed by atoms with van der Waals surface area (Å²) in [6.45, 7) is 14.4. The number of likely N-dealkylation sites (tertiary alicyclic amines) is 1. The molecule has 3 aliphatic rings. The molecule has 1 N–H and O–H groups in total. The van der Waals surface area contributed by atoms with Crippen LogP contribution in [-0.4, -0.2) is 66.5 Å². The second kappa shape index (κ2) is 7.85. The number of carbonyl (C=O) groups is 1. The Bertz CT molecular complexity index is 1280. The molecular formula is C28H33N3O3. The number of carboxylic acid groups (broad SMARTS) is 1. The molecule has 2 aromatic carbocycles. The molecular weight excluding hydrogens is 426 g/mol. The van der Waals surface area contributed by atoms with E-state index in [1.165, 1.54) is 27.8 Å². The van der Waals surface area contributed by atoms with Crippen LogP contribution in [0.5, 0.6) is 0 Å². The van der Waals surface area contributed by atoms with Gasteiger partial charge < -0.3 is 24.2 Å². The molecule has 178 valence electrons. The Balaban J connectivity index is 1.44. The van der Waals surface area contributed by atoms with Crippen molar-refractivity contribution in [2.45, 2.75) is 33.7 Å². The zero-order valence-electron chi connectivity index (χ0n) is 20.4. The summed E-state index contributed by atoms with van der Waals surface area (Å²) in [6.07, 6.45) is 0.0324. The summed E-state index contributed by atoms with van der Waals surface area (Å²) in [5, 5.41) is 11.0. The van der Waals surface area contributed by atoms with Crippen molar-refractivity contribution in [2.24, 2.45) is 5.41 Å². The first-order valence-corrected chi connectivity index (χ1v) is 12.3. The van der Waals surface area contributed by atoms with Crippen LogP contribution in [0.15, 0.2) is 30.3 Å². The van der Waals surface area contributed by atoms with Gasteiger partial charge in [0.05, 0.1) is 30.8 Å². The van der Waals surface area contributed by atoms with Crippen LogP contribution in [0.4, 0.5) is 5.69 Å². The van der Waals surface area contributed by atoms with Gasteiger partial charge in [0.25, 0.3) is 0 Å². The Hall–Kier alpha value is -2.83. The van der Waals surface area contributed by atoms with Crippen molar-refractivity contribution >= 4 is 22.6 Å². The van der Waals surface area contributed by atoms with Gasteiger partial charge in [0.15, 0.2) is 0 Å². The lowest BCUT2D eigenvalue weighted by Crippen LogP contribution is -2.66. The SMILES string of the molecule is Cc1ccc(-c2c(CC(=O)O)c(C)c3c4c2cc(C)n4CCN3CCN2CC3(COC3)C2)cc1. The van der Waals surface area contributed by atoms with Gasteiger partial charge >= 0.3 is 5.97 Å². The molecule has 0 amide bonds. The highest BCUT2D eigenvalue weighted by molar-refractivity contribution is 6.07. The third-order valence-electron chi connectivity index (χ3n) is 8.11. The molecule has 3 aliphatic heterocycles. The summed E-state index contributed by atoms with van der Waals surface area (Å²) in [5.41, 5.74) is 9.59. The zero-order chi connectivity index (χ0) is 23.6. The number of benzene rings is 2. The Kier molecular flexibility index (Phi) is 5.01. The molecule has 2 saturated heterocycles. The van der Waals surface area contributed by atoms with Gasteiger partial charge in [-0.2, -0.15) is 0 Å². The second-order valence-electron chi connectivity index (χ2n) is 10.7. The Morgan fingerprint density at radius 3 is 2.44 bits per heavy atom. The molecule has 1 spiro atoms. The van der Waals surface area contributed by atoms with E-state index >= 15 is 0 Å². The lowest BCUT2D eigenvalue weighted by molar-refractivity contribution is -0.188. The zero-order valence-corrected chi connectivity index (χ0v) is 20.4. The second-order valence-corrected chi connectivity index (χ2v) is 10.7. The maximum Gasteiger partial charge on any atom is 0.307 e. The van der Waals surface area contributed by atoms with E-state index in [1.807, 2.05) is 0 Å². The maximum atomic E-state index is 12.0. The van der Waals surface area contributed by atoms with Crippen molar-refractivity contribution in [2.75, 3.05) is 50.8 Å². The third kappa shape index (κ3) is 3.35. The van der Waals surface area contributed by atoms with Gasteiger partial charge in [0.1, 0.15) is 0 Å². The summed E-state index contributed by atoms with van der Waals surface area (Å²) in [6, 6.07) is 10.8. The molecule has 4 heterocycles. The van der Waals surface area contributed by atoms with E-state index in [9.17, 15) is 9.90 Å². The number of hydrogen-bond donors (Lipinski definition) is 1. The van der Waals surface area contributed by atoms with Gasteiger partial charge in [-0.05, 0) is 49.1 Å². The largest absolute Gasteiger partial charge is 0.481 e. The van der Waals surface area contributed by atoms with E-state index in [4.69, 9.17) is 4.74 Å². The van der Waals surface area contributed by atoms with Crippen LogP contribution in [-0.2, 0) is 22.5 Å². The van der Waals surface area contributed by atoms with Crippen molar-refractivity contribution in [1.29, 1.82) is 0 Å². The Labute approximate surface area is 200 Å². The minimum atomic E-state index is -0.782. The number of aryl methyl sites for hydroxylation is 2. The standard InChI is InChI=1S/C28H33N3O3/c1-18-4-6-21(7-5-18)25-22(13-24(32)33)20(3)26-27-23(25)12-19(2)31(27)11-10-30(26)9-8-29-14-28(15-29)16-34-17-28/h4-7,12H,8-11,13-17H2,1-3H3,(H,32,33). The summed E-state index contributed by atoms with van der Waals surface area (Å²) in [4.78, 5) is 17.0. The molecule has 0 radical (unpaired) electrons. The first-order chi connectivity index (χ1) is 16.3. The molecule has 0 bridgehead atoms. The topological polar surface area (TPSA) is 57.9 Å². The van der Waals surface area contributed by atoms with Gasteiger partial charge in [-0.1, -0.05) is 29.8 Å². The summed E-state index contributed by atoms with van der Waals surface area (Å²) in [7, 11) is 0. The summed E-state index contributed by atoms with van der Waals surface area (Å²) >= 11 is 0. The average molecular weight is 460 g/mol. The van der Waals surface area contributed by atoms with E-state index in [0.717, 1.165) is 74.7 Å². The van der Waals surface area contributed by atoms with Crippen molar-refractivity contribution in [3.63, 3.8) is 0 Å². The monoisotopic (exact) mass is 459 g/mol. The molecule has 6 rings (SSSR count). The highest BCUT2D eigenvalue weighted by atomic mass is 16.5. The first kappa shape index (κ1) is 21.7. The van der Waals surface area contributed by atoms with Crippen molar-refractivity contribution in [1.82, 2.24) is 9.47 Å². The molecule has 0 atom stereocenters.